The first-order valence-electron chi connectivity index (χ1n) is 6.46. The van der Waals surface area contributed by atoms with E-state index in [1.54, 1.807) is 0 Å². The van der Waals surface area contributed by atoms with Gasteiger partial charge in [0.15, 0.2) is 0 Å². The SMILES string of the molecule is CCC(C)(C)c1ccccc1Oc1ccccc1. The van der Waals surface area contributed by atoms with Gasteiger partial charge in [-0.1, -0.05) is 57.2 Å². The largest absolute Gasteiger partial charge is 0.457 e. The third-order valence-electron chi connectivity index (χ3n) is 3.47. The second-order valence-corrected chi connectivity index (χ2v) is 5.15. The molecule has 94 valence electrons. The van der Waals surface area contributed by atoms with Gasteiger partial charge in [0.1, 0.15) is 11.5 Å². The number of ether oxygens (including phenoxy) is 1. The molecule has 2 aromatic rings. The van der Waals surface area contributed by atoms with E-state index in [1.807, 2.05) is 42.5 Å². The second kappa shape index (κ2) is 5.26. The zero-order valence-electron chi connectivity index (χ0n) is 11.3. The minimum Gasteiger partial charge on any atom is -0.457 e. The molecule has 1 heteroatoms. The Hall–Kier alpha value is -1.76. The van der Waals surface area contributed by atoms with E-state index in [0.29, 0.717) is 0 Å². The normalized spacial score (nSPS) is 11.3. The number of benzene rings is 2. The van der Waals surface area contributed by atoms with E-state index >= 15 is 0 Å². The van der Waals surface area contributed by atoms with E-state index in [-0.39, 0.29) is 5.41 Å². The van der Waals surface area contributed by atoms with Crippen molar-refractivity contribution >= 4 is 0 Å². The molecule has 0 aromatic heterocycles. The highest BCUT2D eigenvalue weighted by Gasteiger charge is 2.22. The average Bonchev–Trinajstić information content (AvgIpc) is 2.40. The van der Waals surface area contributed by atoms with Crippen molar-refractivity contribution in [2.45, 2.75) is 32.6 Å². The van der Waals surface area contributed by atoms with Crippen LogP contribution in [0.5, 0.6) is 11.5 Å². The summed E-state index contributed by atoms with van der Waals surface area (Å²) in [6.07, 6.45) is 1.09. The summed E-state index contributed by atoms with van der Waals surface area (Å²) in [5, 5.41) is 0. The molecule has 0 bridgehead atoms. The van der Waals surface area contributed by atoms with Crippen molar-refractivity contribution in [3.8, 4) is 11.5 Å². The molecule has 0 N–H and O–H groups in total. The van der Waals surface area contributed by atoms with Gasteiger partial charge in [0.2, 0.25) is 0 Å². The second-order valence-electron chi connectivity index (χ2n) is 5.15. The van der Waals surface area contributed by atoms with Gasteiger partial charge in [-0.2, -0.15) is 0 Å². The molecule has 0 aliphatic heterocycles. The quantitative estimate of drug-likeness (QED) is 0.716. The summed E-state index contributed by atoms with van der Waals surface area (Å²) in [6.45, 7) is 6.71. The maximum atomic E-state index is 6.00. The molecule has 0 spiro atoms. The van der Waals surface area contributed by atoms with Crippen LogP contribution >= 0.6 is 0 Å². The van der Waals surface area contributed by atoms with Crippen molar-refractivity contribution in [3.63, 3.8) is 0 Å². The van der Waals surface area contributed by atoms with Crippen LogP contribution < -0.4 is 4.74 Å². The topological polar surface area (TPSA) is 9.23 Å². The van der Waals surface area contributed by atoms with Gasteiger partial charge in [0.25, 0.3) is 0 Å². The molecule has 2 aromatic carbocycles. The van der Waals surface area contributed by atoms with Crippen LogP contribution in [0, 0.1) is 0 Å². The standard InChI is InChI=1S/C17H20O/c1-4-17(2,3)15-12-8-9-13-16(15)18-14-10-6-5-7-11-14/h5-13H,4H2,1-3H3. The van der Waals surface area contributed by atoms with Crippen LogP contribution in [0.2, 0.25) is 0 Å². The third kappa shape index (κ3) is 2.73. The molecule has 0 saturated carbocycles. The van der Waals surface area contributed by atoms with Crippen molar-refractivity contribution in [3.05, 3.63) is 60.2 Å². The number of para-hydroxylation sites is 2. The van der Waals surface area contributed by atoms with Crippen LogP contribution in [0.25, 0.3) is 0 Å². The molecule has 0 saturated heterocycles. The molecule has 0 aliphatic carbocycles. The van der Waals surface area contributed by atoms with E-state index < -0.39 is 0 Å². The molecular formula is C17H20O. The van der Waals surface area contributed by atoms with Gasteiger partial charge in [-0.15, -0.1) is 0 Å². The summed E-state index contributed by atoms with van der Waals surface area (Å²) in [5.74, 6) is 1.84. The van der Waals surface area contributed by atoms with Crippen molar-refractivity contribution in [2.75, 3.05) is 0 Å². The Morgan fingerprint density at radius 1 is 0.889 bits per heavy atom. The van der Waals surface area contributed by atoms with Gasteiger partial charge in [-0.3, -0.25) is 0 Å². The smallest absolute Gasteiger partial charge is 0.131 e. The van der Waals surface area contributed by atoms with Crippen LogP contribution in [0.15, 0.2) is 54.6 Å². The molecule has 0 amide bonds. The van der Waals surface area contributed by atoms with E-state index in [2.05, 4.69) is 32.9 Å². The van der Waals surface area contributed by atoms with E-state index in [9.17, 15) is 0 Å². The molecule has 1 nitrogen and oxygen atoms in total. The molecule has 18 heavy (non-hydrogen) atoms. The summed E-state index contributed by atoms with van der Waals surface area (Å²) in [4.78, 5) is 0. The Labute approximate surface area is 109 Å². The van der Waals surface area contributed by atoms with Crippen molar-refractivity contribution in [2.24, 2.45) is 0 Å². The lowest BCUT2D eigenvalue weighted by Gasteiger charge is -2.25. The first-order chi connectivity index (χ1) is 8.63. The van der Waals surface area contributed by atoms with Crippen LogP contribution in [-0.4, -0.2) is 0 Å². The Kier molecular flexibility index (Phi) is 3.71. The van der Waals surface area contributed by atoms with Crippen LogP contribution in [0.3, 0.4) is 0 Å². The van der Waals surface area contributed by atoms with Gasteiger partial charge in [0.05, 0.1) is 0 Å². The molecule has 0 heterocycles. The number of rotatable bonds is 4. The van der Waals surface area contributed by atoms with Crippen LogP contribution in [0.1, 0.15) is 32.8 Å². The minimum atomic E-state index is 0.130. The minimum absolute atomic E-state index is 0.130. The first kappa shape index (κ1) is 12.7. The third-order valence-corrected chi connectivity index (χ3v) is 3.47. The summed E-state index contributed by atoms with van der Waals surface area (Å²) in [6, 6.07) is 18.2. The Morgan fingerprint density at radius 2 is 1.50 bits per heavy atom. The van der Waals surface area contributed by atoms with Gasteiger partial charge < -0.3 is 4.74 Å². The van der Waals surface area contributed by atoms with Crippen LogP contribution in [-0.2, 0) is 5.41 Å². The Morgan fingerprint density at radius 3 is 2.17 bits per heavy atom. The highest BCUT2D eigenvalue weighted by atomic mass is 16.5. The molecule has 0 radical (unpaired) electrons. The van der Waals surface area contributed by atoms with E-state index in [1.165, 1.54) is 5.56 Å². The first-order valence-corrected chi connectivity index (χ1v) is 6.46. The number of hydrogen-bond donors (Lipinski definition) is 0. The predicted molar refractivity (Wildman–Crippen MR) is 76.3 cm³/mol. The Balaban J connectivity index is 2.34. The van der Waals surface area contributed by atoms with E-state index in [0.717, 1.165) is 17.9 Å². The molecule has 0 atom stereocenters. The van der Waals surface area contributed by atoms with Crippen molar-refractivity contribution in [1.82, 2.24) is 0 Å². The Bertz CT molecular complexity index is 500. The van der Waals surface area contributed by atoms with Gasteiger partial charge in [-0.05, 0) is 30.0 Å². The predicted octanol–water partition coefficient (Wildman–Crippen LogP) is 5.17. The molecule has 0 unspecified atom stereocenters. The number of hydrogen-bond acceptors (Lipinski definition) is 1. The van der Waals surface area contributed by atoms with Gasteiger partial charge in [0, 0.05) is 5.56 Å². The summed E-state index contributed by atoms with van der Waals surface area (Å²) >= 11 is 0. The lowest BCUT2D eigenvalue weighted by molar-refractivity contribution is 0.436. The lowest BCUT2D eigenvalue weighted by atomic mass is 9.82. The van der Waals surface area contributed by atoms with Crippen molar-refractivity contribution in [1.29, 1.82) is 0 Å². The highest BCUT2D eigenvalue weighted by molar-refractivity contribution is 5.41. The molecule has 0 fully saturated rings. The zero-order chi connectivity index (χ0) is 13.0. The van der Waals surface area contributed by atoms with Gasteiger partial charge in [-0.25, -0.2) is 0 Å². The summed E-state index contributed by atoms with van der Waals surface area (Å²) in [7, 11) is 0. The molecular weight excluding hydrogens is 220 g/mol. The molecule has 0 aliphatic rings. The summed E-state index contributed by atoms with van der Waals surface area (Å²) < 4.78 is 6.00. The fourth-order valence-corrected chi connectivity index (χ4v) is 1.92. The monoisotopic (exact) mass is 240 g/mol. The fraction of sp³-hybridized carbons (Fsp3) is 0.294. The van der Waals surface area contributed by atoms with E-state index in [4.69, 9.17) is 4.74 Å². The van der Waals surface area contributed by atoms with Gasteiger partial charge >= 0.3 is 0 Å². The van der Waals surface area contributed by atoms with Crippen LogP contribution in [0.4, 0.5) is 0 Å². The fourth-order valence-electron chi connectivity index (χ4n) is 1.92. The average molecular weight is 240 g/mol. The van der Waals surface area contributed by atoms with Crippen molar-refractivity contribution < 1.29 is 4.74 Å². The highest BCUT2D eigenvalue weighted by Crippen LogP contribution is 2.36. The maximum Gasteiger partial charge on any atom is 0.131 e. The lowest BCUT2D eigenvalue weighted by Crippen LogP contribution is -2.16. The maximum absolute atomic E-state index is 6.00. The summed E-state index contributed by atoms with van der Waals surface area (Å²) in [5.41, 5.74) is 1.39. The zero-order valence-corrected chi connectivity index (χ0v) is 11.3. The molecule has 2 rings (SSSR count).